The molecule has 214 valence electrons. The van der Waals surface area contributed by atoms with Crippen LogP contribution in [-0.4, -0.2) is 76.1 Å². The average molecular weight is 594 g/mol. The third kappa shape index (κ3) is 4.37. The molecule has 2 saturated heterocycles. The number of hydrogen-bond acceptors (Lipinski definition) is 6. The first-order valence-corrected chi connectivity index (χ1v) is 15.0. The molecule has 2 aromatic rings. The topological polar surface area (TPSA) is 90.4 Å². The zero-order valence-electron chi connectivity index (χ0n) is 22.9. The number of carbonyl (C=O) groups excluding carboxylic acids is 3. The van der Waals surface area contributed by atoms with Gasteiger partial charge in [0.15, 0.2) is 0 Å². The van der Waals surface area contributed by atoms with Crippen molar-refractivity contribution >= 4 is 52.5 Å². The van der Waals surface area contributed by atoms with Gasteiger partial charge in [-0.15, -0.1) is 11.8 Å². The van der Waals surface area contributed by atoms with Crippen LogP contribution >= 0.6 is 23.4 Å². The Bertz CT molecular complexity index is 1430. The van der Waals surface area contributed by atoms with Crippen LogP contribution in [0.1, 0.15) is 13.8 Å². The number of anilines is 2. The molecule has 2 aromatic carbocycles. The van der Waals surface area contributed by atoms with Crippen LogP contribution in [0, 0.1) is 11.8 Å². The zero-order valence-corrected chi connectivity index (χ0v) is 24.5. The van der Waals surface area contributed by atoms with Gasteiger partial charge in [-0.1, -0.05) is 35.9 Å². The van der Waals surface area contributed by atoms with E-state index in [0.717, 1.165) is 5.75 Å². The lowest BCUT2D eigenvalue weighted by Gasteiger charge is -2.36. The summed E-state index contributed by atoms with van der Waals surface area (Å²) in [5.74, 6) is -1.45. The number of β-amino-alcohol motifs (C(OH)–C–C–N with tert-alkyl or cyclic N) is 1. The molecule has 2 fully saturated rings. The van der Waals surface area contributed by atoms with Gasteiger partial charge in [0.1, 0.15) is 11.8 Å². The number of nitrogens with zero attached hydrogens (tertiary/aromatic N) is 3. The summed E-state index contributed by atoms with van der Waals surface area (Å²) in [6.07, 6.45) is 7.91. The van der Waals surface area contributed by atoms with Crippen LogP contribution in [-0.2, 0) is 14.4 Å². The maximum absolute atomic E-state index is 14.4. The summed E-state index contributed by atoms with van der Waals surface area (Å²) in [6, 6.07) is 13.5. The highest BCUT2D eigenvalue weighted by Gasteiger charge is 2.74. The molecule has 5 atom stereocenters. The second-order valence-corrected chi connectivity index (χ2v) is 13.1. The van der Waals surface area contributed by atoms with Gasteiger partial charge < -0.3 is 24.5 Å². The lowest BCUT2D eigenvalue weighted by Crippen LogP contribution is -2.54. The minimum Gasteiger partial charge on any atom is -0.494 e. The van der Waals surface area contributed by atoms with Crippen molar-refractivity contribution in [2.24, 2.45) is 11.8 Å². The Labute approximate surface area is 248 Å². The maximum Gasteiger partial charge on any atom is 0.251 e. The number of amides is 3. The van der Waals surface area contributed by atoms with Gasteiger partial charge in [-0.2, -0.15) is 0 Å². The lowest BCUT2D eigenvalue weighted by atomic mass is 9.74. The predicted octanol–water partition coefficient (Wildman–Crippen LogP) is 3.92. The fourth-order valence-corrected chi connectivity index (χ4v) is 9.13. The number of ether oxygens (including phenoxy) is 1. The van der Waals surface area contributed by atoms with E-state index in [2.05, 4.69) is 0 Å². The van der Waals surface area contributed by atoms with E-state index in [9.17, 15) is 19.5 Å². The number of aliphatic hydroxyl groups excluding tert-OH is 1. The molecule has 6 rings (SSSR count). The molecule has 1 spiro atoms. The maximum atomic E-state index is 14.4. The highest BCUT2D eigenvalue weighted by atomic mass is 35.5. The van der Waals surface area contributed by atoms with Crippen LogP contribution in [0.2, 0.25) is 5.02 Å². The lowest BCUT2D eigenvalue weighted by molar-refractivity contribution is -0.139. The summed E-state index contributed by atoms with van der Waals surface area (Å²) in [5.41, 5.74) is 1.39. The minimum atomic E-state index is -0.980. The summed E-state index contributed by atoms with van der Waals surface area (Å²) in [6.45, 7) is 4.85. The van der Waals surface area contributed by atoms with Crippen molar-refractivity contribution in [2.45, 2.75) is 29.4 Å². The van der Waals surface area contributed by atoms with Crippen LogP contribution in [0.3, 0.4) is 0 Å². The minimum absolute atomic E-state index is 0.00637. The predicted molar refractivity (Wildman–Crippen MR) is 160 cm³/mol. The number of fused-ring (bicyclic) bond motifs is 2. The number of rotatable bonds is 6. The summed E-state index contributed by atoms with van der Waals surface area (Å²) >= 11 is 7.62. The van der Waals surface area contributed by atoms with Gasteiger partial charge in [-0.3, -0.25) is 14.4 Å². The molecule has 41 heavy (non-hydrogen) atoms. The molecule has 0 radical (unpaired) electrons. The number of benzene rings is 2. The summed E-state index contributed by atoms with van der Waals surface area (Å²) in [4.78, 5) is 47.9. The molecule has 0 bridgehead atoms. The van der Waals surface area contributed by atoms with Crippen molar-refractivity contribution in [3.05, 3.63) is 77.9 Å². The van der Waals surface area contributed by atoms with E-state index in [1.165, 1.54) is 16.7 Å². The van der Waals surface area contributed by atoms with Gasteiger partial charge in [0, 0.05) is 40.8 Å². The van der Waals surface area contributed by atoms with Crippen molar-refractivity contribution < 1.29 is 24.2 Å². The van der Waals surface area contributed by atoms with E-state index < -0.39 is 27.4 Å². The van der Waals surface area contributed by atoms with Gasteiger partial charge in [0.05, 0.1) is 29.8 Å². The van der Waals surface area contributed by atoms with E-state index in [4.69, 9.17) is 16.3 Å². The fraction of sp³-hybridized carbons (Fsp3) is 0.387. The van der Waals surface area contributed by atoms with E-state index in [1.807, 2.05) is 62.4 Å². The Balaban J connectivity index is 1.42. The van der Waals surface area contributed by atoms with Gasteiger partial charge in [0.2, 0.25) is 11.8 Å². The van der Waals surface area contributed by atoms with Crippen LogP contribution in [0.25, 0.3) is 0 Å². The van der Waals surface area contributed by atoms with Gasteiger partial charge in [-0.25, -0.2) is 0 Å². The average Bonchev–Trinajstić information content (AvgIpc) is 3.21. The normalized spacial score (nSPS) is 30.7. The Morgan fingerprint density at radius 3 is 2.15 bits per heavy atom. The molecular weight excluding hydrogens is 562 g/mol. The Hall–Kier alpha value is -3.27. The molecular formula is C31H32ClN3O5S. The van der Waals surface area contributed by atoms with Crippen LogP contribution < -0.4 is 14.5 Å². The molecule has 4 heterocycles. The largest absolute Gasteiger partial charge is 0.494 e. The first-order chi connectivity index (χ1) is 19.7. The van der Waals surface area contributed by atoms with Crippen molar-refractivity contribution in [3.63, 3.8) is 0 Å². The highest BCUT2D eigenvalue weighted by Crippen LogP contribution is 2.65. The Morgan fingerprint density at radius 1 is 0.902 bits per heavy atom. The van der Waals surface area contributed by atoms with Gasteiger partial charge in [-0.05, 0) is 62.4 Å². The number of carbonyl (C=O) groups is 3. The molecule has 3 amide bonds. The highest BCUT2D eigenvalue weighted by molar-refractivity contribution is 8.02. The summed E-state index contributed by atoms with van der Waals surface area (Å²) < 4.78 is 3.87. The molecule has 0 aromatic heterocycles. The molecule has 4 aliphatic rings. The van der Waals surface area contributed by atoms with E-state index in [-0.39, 0.29) is 30.9 Å². The molecule has 1 N–H and O–H groups in total. The molecule has 8 nitrogen and oxygen atoms in total. The quantitative estimate of drug-likeness (QED) is 0.511. The van der Waals surface area contributed by atoms with Crippen molar-refractivity contribution in [2.75, 3.05) is 42.6 Å². The second-order valence-electron chi connectivity index (χ2n) is 10.9. The smallest absolute Gasteiger partial charge is 0.251 e. The van der Waals surface area contributed by atoms with Crippen molar-refractivity contribution in [3.8, 4) is 5.75 Å². The van der Waals surface area contributed by atoms with Crippen molar-refractivity contribution in [1.29, 1.82) is 0 Å². The van der Waals surface area contributed by atoms with Crippen LogP contribution in [0.5, 0.6) is 5.75 Å². The van der Waals surface area contributed by atoms with Gasteiger partial charge >= 0.3 is 0 Å². The Kier molecular flexibility index (Phi) is 7.16. The number of likely N-dealkylation sites (tertiary alicyclic amines) is 1. The standard InChI is InChI=1S/C31H32ClN3O5S/c1-3-40-23-12-10-22(11-13-23)33-16-4-14-30(2)24(27(33)37)25-28(38)35(18-19-36)26-29(39)34(17-5-15-31(25,26)41-30)21-8-6-20(32)7-9-21/h4-15,24-26,36H,3,16-19H2,1-2H3/t24-,25-,26?,30+,31-/m0/s1. The number of hydrogen-bond donors (Lipinski definition) is 1. The SMILES string of the molecule is CCOc1ccc(N2CC=C[C@@]3(C)S[C@]45C=CCN(c6ccc(Cl)cc6)C(=O)C4N(CCO)C(=O)[C@@H]5[C@H]3C2=O)cc1. The van der Waals surface area contributed by atoms with Crippen LogP contribution in [0.4, 0.5) is 11.4 Å². The molecule has 0 aliphatic carbocycles. The van der Waals surface area contributed by atoms with E-state index in [0.29, 0.717) is 36.1 Å². The summed E-state index contributed by atoms with van der Waals surface area (Å²) in [7, 11) is 0. The molecule has 10 heteroatoms. The van der Waals surface area contributed by atoms with Crippen molar-refractivity contribution in [1.82, 2.24) is 4.90 Å². The van der Waals surface area contributed by atoms with Crippen LogP contribution in [0.15, 0.2) is 72.8 Å². The first kappa shape index (κ1) is 27.9. The molecule has 0 saturated carbocycles. The van der Waals surface area contributed by atoms with E-state index >= 15 is 0 Å². The first-order valence-electron chi connectivity index (χ1n) is 13.8. The zero-order chi connectivity index (χ0) is 28.9. The number of halogens is 1. The molecule has 1 unspecified atom stereocenters. The third-order valence-corrected chi connectivity index (χ3v) is 10.5. The molecule has 4 aliphatic heterocycles. The second kappa shape index (κ2) is 10.5. The third-order valence-electron chi connectivity index (χ3n) is 8.50. The van der Waals surface area contributed by atoms with Gasteiger partial charge in [0.25, 0.3) is 5.91 Å². The number of aliphatic hydroxyl groups is 1. The summed E-state index contributed by atoms with van der Waals surface area (Å²) in [5, 5.41) is 10.5. The number of thioether (sulfide) groups is 1. The van der Waals surface area contributed by atoms with E-state index in [1.54, 1.807) is 34.1 Å². The Morgan fingerprint density at radius 2 is 1.51 bits per heavy atom. The monoisotopic (exact) mass is 593 g/mol. The fourth-order valence-electron chi connectivity index (χ4n) is 6.84.